The summed E-state index contributed by atoms with van der Waals surface area (Å²) >= 11 is 0. The molecule has 1 aliphatic heterocycles. The first-order chi connectivity index (χ1) is 9.52. The summed E-state index contributed by atoms with van der Waals surface area (Å²) in [5, 5.41) is 13.6. The Hall–Kier alpha value is -2.18. The van der Waals surface area contributed by atoms with E-state index in [1.165, 1.54) is 12.1 Å². The van der Waals surface area contributed by atoms with Gasteiger partial charge in [0.1, 0.15) is 11.5 Å². The summed E-state index contributed by atoms with van der Waals surface area (Å²) in [7, 11) is 1.57. The maximum absolute atomic E-state index is 13.1. The van der Waals surface area contributed by atoms with E-state index in [1.807, 2.05) is 0 Å². The quantitative estimate of drug-likeness (QED) is 0.676. The summed E-state index contributed by atoms with van der Waals surface area (Å²) in [6.45, 7) is 1.03. The summed E-state index contributed by atoms with van der Waals surface area (Å²) in [5.74, 6) is -0.904. The highest BCUT2D eigenvalue weighted by Crippen LogP contribution is 2.32. The second-order valence-electron chi connectivity index (χ2n) is 4.79. The molecule has 1 aromatic rings. The number of anilines is 1. The van der Waals surface area contributed by atoms with Gasteiger partial charge in [-0.1, -0.05) is 0 Å². The van der Waals surface area contributed by atoms with E-state index in [-0.39, 0.29) is 17.5 Å². The maximum atomic E-state index is 13.1. The smallest absolute Gasteiger partial charge is 0.295 e. The molecule has 1 aliphatic rings. The Kier molecular flexibility index (Phi) is 4.16. The first-order valence-electron chi connectivity index (χ1n) is 6.43. The molecule has 0 bridgehead atoms. The molecule has 2 rings (SSSR count). The lowest BCUT2D eigenvalue weighted by Crippen LogP contribution is -2.42. The molecule has 1 N–H and O–H groups in total. The zero-order valence-corrected chi connectivity index (χ0v) is 11.1. The average molecular weight is 281 g/mol. The molecule has 0 radical (unpaired) electrons. The van der Waals surface area contributed by atoms with E-state index in [1.54, 1.807) is 11.9 Å². The number of nitro benzene ring substituents is 1. The van der Waals surface area contributed by atoms with Crippen molar-refractivity contribution in [3.05, 3.63) is 34.1 Å². The van der Waals surface area contributed by atoms with Crippen LogP contribution in [0.1, 0.15) is 12.8 Å². The number of carbonyl (C=O) groups is 1. The summed E-state index contributed by atoms with van der Waals surface area (Å²) in [6, 6.07) is 3.52. The molecule has 20 heavy (non-hydrogen) atoms. The number of amides is 1. The molecule has 1 amide bonds. The fraction of sp³-hybridized carbons (Fsp3) is 0.462. The molecule has 6 nitrogen and oxygen atoms in total. The van der Waals surface area contributed by atoms with Gasteiger partial charge >= 0.3 is 0 Å². The minimum atomic E-state index is -0.639. The Bertz CT molecular complexity index is 536. The lowest BCUT2D eigenvalue weighted by molar-refractivity contribution is -0.384. The van der Waals surface area contributed by atoms with Crippen molar-refractivity contribution in [3.63, 3.8) is 0 Å². The van der Waals surface area contributed by atoms with E-state index in [0.717, 1.165) is 18.9 Å². The molecule has 0 aromatic heterocycles. The van der Waals surface area contributed by atoms with Crippen molar-refractivity contribution >= 4 is 17.3 Å². The van der Waals surface area contributed by atoms with Crippen LogP contribution in [0, 0.1) is 21.8 Å². The van der Waals surface area contributed by atoms with Gasteiger partial charge in [-0.05, 0) is 25.0 Å². The molecule has 1 saturated heterocycles. The van der Waals surface area contributed by atoms with E-state index >= 15 is 0 Å². The molecule has 1 atom stereocenters. The molecule has 1 fully saturated rings. The van der Waals surface area contributed by atoms with Crippen LogP contribution in [0.4, 0.5) is 15.8 Å². The normalized spacial score (nSPS) is 18.7. The zero-order chi connectivity index (χ0) is 14.7. The van der Waals surface area contributed by atoms with Gasteiger partial charge in [0, 0.05) is 20.1 Å². The average Bonchev–Trinajstić information content (AvgIpc) is 2.46. The van der Waals surface area contributed by atoms with Gasteiger partial charge in [-0.25, -0.2) is 4.39 Å². The monoisotopic (exact) mass is 281 g/mol. The summed E-state index contributed by atoms with van der Waals surface area (Å²) in [4.78, 5) is 23.9. The lowest BCUT2D eigenvalue weighted by Gasteiger charge is -2.33. The van der Waals surface area contributed by atoms with Crippen LogP contribution in [0.3, 0.4) is 0 Å². The number of nitrogens with one attached hydrogen (secondary N) is 1. The van der Waals surface area contributed by atoms with E-state index in [9.17, 15) is 19.3 Å². The standard InChI is InChI=1S/C13H16FN3O3/c1-15-13(18)9-3-2-6-16(8-9)11-5-4-10(14)7-12(11)17(19)20/h4-5,7,9H,2-3,6,8H2,1H3,(H,15,18). The number of benzene rings is 1. The second-order valence-corrected chi connectivity index (χ2v) is 4.79. The number of hydrogen-bond donors (Lipinski definition) is 1. The Labute approximate surface area is 115 Å². The number of rotatable bonds is 3. The van der Waals surface area contributed by atoms with E-state index in [0.29, 0.717) is 18.8 Å². The second kappa shape index (κ2) is 5.85. The SMILES string of the molecule is CNC(=O)C1CCCN(c2ccc(F)cc2[N+](=O)[O-])C1. The Morgan fingerprint density at radius 2 is 2.30 bits per heavy atom. The van der Waals surface area contributed by atoms with E-state index < -0.39 is 10.7 Å². The number of carbonyl (C=O) groups excluding carboxylic acids is 1. The van der Waals surface area contributed by atoms with Crippen molar-refractivity contribution in [2.45, 2.75) is 12.8 Å². The lowest BCUT2D eigenvalue weighted by atomic mass is 9.96. The molecule has 0 spiro atoms. The minimum Gasteiger partial charge on any atom is -0.365 e. The van der Waals surface area contributed by atoms with E-state index in [2.05, 4.69) is 5.32 Å². The van der Waals surface area contributed by atoms with Gasteiger partial charge in [0.25, 0.3) is 5.69 Å². The van der Waals surface area contributed by atoms with Crippen LogP contribution in [0.5, 0.6) is 0 Å². The number of nitro groups is 1. The molecule has 1 unspecified atom stereocenters. The van der Waals surface area contributed by atoms with Gasteiger partial charge < -0.3 is 10.2 Å². The van der Waals surface area contributed by atoms with Crippen LogP contribution in [0.2, 0.25) is 0 Å². The topological polar surface area (TPSA) is 75.5 Å². The maximum Gasteiger partial charge on any atom is 0.295 e. The Morgan fingerprint density at radius 1 is 1.55 bits per heavy atom. The third-order valence-corrected chi connectivity index (χ3v) is 3.51. The predicted molar refractivity (Wildman–Crippen MR) is 72.1 cm³/mol. The van der Waals surface area contributed by atoms with Crippen LogP contribution in [0.15, 0.2) is 18.2 Å². The van der Waals surface area contributed by atoms with E-state index in [4.69, 9.17) is 0 Å². The summed E-state index contributed by atoms with van der Waals surface area (Å²) in [5.41, 5.74) is 0.104. The van der Waals surface area contributed by atoms with Crippen molar-refractivity contribution in [1.82, 2.24) is 5.32 Å². The number of nitrogens with zero attached hydrogens (tertiary/aromatic N) is 2. The van der Waals surface area contributed by atoms with Gasteiger partial charge in [0.2, 0.25) is 5.91 Å². The largest absolute Gasteiger partial charge is 0.365 e. The van der Waals surface area contributed by atoms with Crippen molar-refractivity contribution in [2.75, 3.05) is 25.0 Å². The van der Waals surface area contributed by atoms with Crippen LogP contribution in [-0.2, 0) is 4.79 Å². The third-order valence-electron chi connectivity index (χ3n) is 3.51. The first kappa shape index (κ1) is 14.2. The van der Waals surface area contributed by atoms with Gasteiger partial charge in [-0.3, -0.25) is 14.9 Å². The highest BCUT2D eigenvalue weighted by atomic mass is 19.1. The molecule has 0 saturated carbocycles. The number of halogens is 1. The zero-order valence-electron chi connectivity index (χ0n) is 11.1. The molecule has 1 aromatic carbocycles. The predicted octanol–water partition coefficient (Wildman–Crippen LogP) is 1.70. The molecular weight excluding hydrogens is 265 g/mol. The van der Waals surface area contributed by atoms with Gasteiger partial charge in [0.15, 0.2) is 0 Å². The molecule has 7 heteroatoms. The van der Waals surface area contributed by atoms with Crippen LogP contribution < -0.4 is 10.2 Å². The Morgan fingerprint density at radius 3 is 2.95 bits per heavy atom. The highest BCUT2D eigenvalue weighted by Gasteiger charge is 2.28. The van der Waals surface area contributed by atoms with Gasteiger partial charge in [-0.15, -0.1) is 0 Å². The third kappa shape index (κ3) is 2.87. The van der Waals surface area contributed by atoms with Crippen LogP contribution in [0.25, 0.3) is 0 Å². The molecule has 0 aliphatic carbocycles. The minimum absolute atomic E-state index is 0.0699. The fourth-order valence-electron chi connectivity index (χ4n) is 2.52. The van der Waals surface area contributed by atoms with Crippen molar-refractivity contribution < 1.29 is 14.1 Å². The van der Waals surface area contributed by atoms with Gasteiger partial charge in [-0.2, -0.15) is 0 Å². The van der Waals surface area contributed by atoms with Gasteiger partial charge in [0.05, 0.1) is 16.9 Å². The molecular formula is C13H16FN3O3. The fourth-order valence-corrected chi connectivity index (χ4v) is 2.52. The first-order valence-corrected chi connectivity index (χ1v) is 6.43. The summed E-state index contributed by atoms with van der Waals surface area (Å²) < 4.78 is 13.1. The highest BCUT2D eigenvalue weighted by molar-refractivity contribution is 5.79. The number of hydrogen-bond acceptors (Lipinski definition) is 4. The van der Waals surface area contributed by atoms with Crippen molar-refractivity contribution in [1.29, 1.82) is 0 Å². The molecule has 1 heterocycles. The molecule has 108 valence electrons. The number of piperidine rings is 1. The Balaban J connectivity index is 2.27. The van der Waals surface area contributed by atoms with Crippen molar-refractivity contribution in [2.24, 2.45) is 5.92 Å². The summed E-state index contributed by atoms with van der Waals surface area (Å²) in [6.07, 6.45) is 1.53. The van der Waals surface area contributed by atoms with Crippen molar-refractivity contribution in [3.8, 4) is 0 Å². The van der Waals surface area contributed by atoms with Crippen LogP contribution >= 0.6 is 0 Å². The van der Waals surface area contributed by atoms with Crippen LogP contribution in [-0.4, -0.2) is 31.0 Å².